The predicted octanol–water partition coefficient (Wildman–Crippen LogP) is 2.57. The maximum atomic E-state index is 13.1. The number of rotatable bonds is 3. The van der Waals surface area contributed by atoms with Gasteiger partial charge in [-0.1, -0.05) is 12.8 Å². The highest BCUT2D eigenvalue weighted by Gasteiger charge is 2.22. The number of ether oxygens (including phenoxy) is 2. The first-order valence-corrected chi connectivity index (χ1v) is 8.61. The first-order chi connectivity index (χ1) is 12.1. The fourth-order valence-corrected chi connectivity index (χ4v) is 3.41. The Labute approximate surface area is 146 Å². The Morgan fingerprint density at radius 3 is 2.08 bits per heavy atom. The van der Waals surface area contributed by atoms with E-state index in [-0.39, 0.29) is 11.5 Å². The second-order valence-electron chi connectivity index (χ2n) is 6.42. The summed E-state index contributed by atoms with van der Waals surface area (Å²) in [6, 6.07) is 3.37. The Morgan fingerprint density at radius 2 is 1.52 bits per heavy atom. The molecule has 134 valence electrons. The van der Waals surface area contributed by atoms with Crippen LogP contribution in [0.5, 0.6) is 11.5 Å². The van der Waals surface area contributed by atoms with Crippen molar-refractivity contribution in [3.8, 4) is 11.5 Å². The summed E-state index contributed by atoms with van der Waals surface area (Å²) in [5, 5.41) is 1.07. The summed E-state index contributed by atoms with van der Waals surface area (Å²) < 4.78 is 12.1. The predicted molar refractivity (Wildman–Crippen MR) is 96.7 cm³/mol. The average molecular weight is 344 g/mol. The van der Waals surface area contributed by atoms with Crippen LogP contribution in [0.15, 0.2) is 23.1 Å². The highest BCUT2D eigenvalue weighted by molar-refractivity contribution is 6.07. The van der Waals surface area contributed by atoms with E-state index < -0.39 is 0 Å². The summed E-state index contributed by atoms with van der Waals surface area (Å²) in [5.74, 6) is 0.953. The minimum absolute atomic E-state index is 0.0327. The summed E-state index contributed by atoms with van der Waals surface area (Å²) >= 11 is 0. The summed E-state index contributed by atoms with van der Waals surface area (Å²) in [6.45, 7) is 1.52. The number of aromatic nitrogens is 1. The van der Waals surface area contributed by atoms with Gasteiger partial charge in [0.25, 0.3) is 11.5 Å². The van der Waals surface area contributed by atoms with Crippen molar-refractivity contribution in [3.05, 3.63) is 34.2 Å². The van der Waals surface area contributed by atoms with Gasteiger partial charge in [-0.3, -0.25) is 9.59 Å². The standard InChI is InChI=1S/C19H24N2O4/c1-20-12-15(19(23)21-8-6-4-5-7-9-21)13-10-16(24-2)17(25-3)11-14(13)18(20)22/h10-12H,4-9H2,1-3H3. The van der Waals surface area contributed by atoms with Crippen molar-refractivity contribution < 1.29 is 14.3 Å². The van der Waals surface area contributed by atoms with Crippen LogP contribution in [0.1, 0.15) is 36.0 Å². The molecule has 0 radical (unpaired) electrons. The van der Waals surface area contributed by atoms with Crippen molar-refractivity contribution in [1.82, 2.24) is 9.47 Å². The van der Waals surface area contributed by atoms with Crippen LogP contribution < -0.4 is 15.0 Å². The van der Waals surface area contributed by atoms with Crippen molar-refractivity contribution >= 4 is 16.7 Å². The maximum absolute atomic E-state index is 13.1. The fourth-order valence-electron chi connectivity index (χ4n) is 3.41. The van der Waals surface area contributed by atoms with Gasteiger partial charge in [0.05, 0.1) is 25.2 Å². The van der Waals surface area contributed by atoms with E-state index in [2.05, 4.69) is 0 Å². The monoisotopic (exact) mass is 344 g/mol. The lowest BCUT2D eigenvalue weighted by Crippen LogP contribution is -2.33. The smallest absolute Gasteiger partial charge is 0.258 e. The third-order valence-corrected chi connectivity index (χ3v) is 4.81. The highest BCUT2D eigenvalue weighted by Crippen LogP contribution is 2.32. The van der Waals surface area contributed by atoms with E-state index in [0.29, 0.717) is 27.8 Å². The summed E-state index contributed by atoms with van der Waals surface area (Å²) in [4.78, 5) is 27.6. The second-order valence-corrected chi connectivity index (χ2v) is 6.42. The number of pyridine rings is 1. The normalized spacial score (nSPS) is 15.1. The molecular weight excluding hydrogens is 320 g/mol. The number of nitrogens with zero attached hydrogens (tertiary/aromatic N) is 2. The van der Waals surface area contributed by atoms with Crippen LogP contribution in [0.3, 0.4) is 0 Å². The molecule has 6 heteroatoms. The maximum Gasteiger partial charge on any atom is 0.258 e. The van der Waals surface area contributed by atoms with Crippen molar-refractivity contribution in [2.45, 2.75) is 25.7 Å². The van der Waals surface area contributed by atoms with Crippen LogP contribution in [0.2, 0.25) is 0 Å². The molecule has 6 nitrogen and oxygen atoms in total. The van der Waals surface area contributed by atoms with Gasteiger partial charge in [0, 0.05) is 31.7 Å². The first-order valence-electron chi connectivity index (χ1n) is 8.61. The zero-order valence-corrected chi connectivity index (χ0v) is 15.0. The number of likely N-dealkylation sites (tertiary alicyclic amines) is 1. The number of hydrogen-bond donors (Lipinski definition) is 0. The Kier molecular flexibility index (Phi) is 4.97. The van der Waals surface area contributed by atoms with E-state index in [0.717, 1.165) is 38.8 Å². The Balaban J connectivity index is 2.18. The molecule has 1 amide bonds. The van der Waals surface area contributed by atoms with E-state index in [4.69, 9.17) is 9.47 Å². The van der Waals surface area contributed by atoms with E-state index in [1.54, 1.807) is 32.5 Å². The zero-order valence-electron chi connectivity index (χ0n) is 15.0. The third-order valence-electron chi connectivity index (χ3n) is 4.81. The first kappa shape index (κ1) is 17.3. The molecule has 0 saturated carbocycles. The molecule has 0 atom stereocenters. The fraction of sp³-hybridized carbons (Fsp3) is 0.474. The van der Waals surface area contributed by atoms with Crippen LogP contribution in [0.25, 0.3) is 10.8 Å². The number of carbonyl (C=O) groups excluding carboxylic acids is 1. The van der Waals surface area contributed by atoms with Crippen molar-refractivity contribution in [2.24, 2.45) is 7.05 Å². The molecule has 0 unspecified atom stereocenters. The highest BCUT2D eigenvalue weighted by atomic mass is 16.5. The van der Waals surface area contributed by atoms with E-state index in [1.165, 1.54) is 11.7 Å². The van der Waals surface area contributed by atoms with E-state index in [1.807, 2.05) is 4.90 Å². The molecule has 2 heterocycles. The lowest BCUT2D eigenvalue weighted by Gasteiger charge is -2.22. The van der Waals surface area contributed by atoms with Crippen molar-refractivity contribution in [3.63, 3.8) is 0 Å². The lowest BCUT2D eigenvalue weighted by atomic mass is 10.0. The molecule has 1 aromatic heterocycles. The van der Waals surface area contributed by atoms with Crippen LogP contribution >= 0.6 is 0 Å². The molecule has 1 aliphatic rings. The van der Waals surface area contributed by atoms with Gasteiger partial charge in [-0.05, 0) is 25.0 Å². The second kappa shape index (κ2) is 7.17. The minimum Gasteiger partial charge on any atom is -0.493 e. The molecule has 25 heavy (non-hydrogen) atoms. The topological polar surface area (TPSA) is 60.8 Å². The summed E-state index contributed by atoms with van der Waals surface area (Å²) in [7, 11) is 4.74. The van der Waals surface area contributed by atoms with Gasteiger partial charge in [0.2, 0.25) is 0 Å². The molecule has 1 aromatic carbocycles. The zero-order chi connectivity index (χ0) is 18.0. The Hall–Kier alpha value is -2.50. The molecule has 0 bridgehead atoms. The number of amides is 1. The van der Waals surface area contributed by atoms with Gasteiger partial charge in [-0.25, -0.2) is 0 Å². The number of carbonyl (C=O) groups is 1. The molecular formula is C19H24N2O4. The number of benzene rings is 1. The largest absolute Gasteiger partial charge is 0.493 e. The molecule has 1 aliphatic heterocycles. The molecule has 0 aliphatic carbocycles. The Morgan fingerprint density at radius 1 is 0.960 bits per heavy atom. The van der Waals surface area contributed by atoms with Crippen molar-refractivity contribution in [2.75, 3.05) is 27.3 Å². The van der Waals surface area contributed by atoms with Gasteiger partial charge >= 0.3 is 0 Å². The van der Waals surface area contributed by atoms with E-state index in [9.17, 15) is 9.59 Å². The van der Waals surface area contributed by atoms with Gasteiger partial charge in [0.1, 0.15) is 0 Å². The average Bonchev–Trinajstić information content (AvgIpc) is 2.92. The summed E-state index contributed by atoms with van der Waals surface area (Å²) in [6.07, 6.45) is 5.98. The van der Waals surface area contributed by atoms with Crippen LogP contribution in [0, 0.1) is 0 Å². The molecule has 1 fully saturated rings. The van der Waals surface area contributed by atoms with Crippen LogP contribution in [0.4, 0.5) is 0 Å². The molecule has 2 aromatic rings. The van der Waals surface area contributed by atoms with Gasteiger partial charge in [0.15, 0.2) is 11.5 Å². The Bertz CT molecular complexity index is 849. The third kappa shape index (κ3) is 3.21. The molecule has 0 N–H and O–H groups in total. The summed E-state index contributed by atoms with van der Waals surface area (Å²) in [5.41, 5.74) is 0.364. The van der Waals surface area contributed by atoms with Gasteiger partial charge in [-0.15, -0.1) is 0 Å². The quantitative estimate of drug-likeness (QED) is 0.859. The lowest BCUT2D eigenvalue weighted by molar-refractivity contribution is 0.0763. The molecule has 1 saturated heterocycles. The number of methoxy groups -OCH3 is 2. The van der Waals surface area contributed by atoms with Crippen LogP contribution in [-0.4, -0.2) is 42.7 Å². The molecule has 0 spiro atoms. The minimum atomic E-state index is -0.164. The van der Waals surface area contributed by atoms with Gasteiger partial charge < -0.3 is 18.9 Å². The van der Waals surface area contributed by atoms with Gasteiger partial charge in [-0.2, -0.15) is 0 Å². The number of aryl methyl sites for hydroxylation is 1. The van der Waals surface area contributed by atoms with Crippen molar-refractivity contribution in [1.29, 1.82) is 0 Å². The number of fused-ring (bicyclic) bond motifs is 1. The molecule has 3 rings (SSSR count). The SMILES string of the molecule is COc1cc2c(C(=O)N3CCCCCC3)cn(C)c(=O)c2cc1OC. The number of hydrogen-bond acceptors (Lipinski definition) is 4. The van der Waals surface area contributed by atoms with Crippen LogP contribution in [-0.2, 0) is 7.05 Å². The van der Waals surface area contributed by atoms with E-state index >= 15 is 0 Å².